The summed E-state index contributed by atoms with van der Waals surface area (Å²) < 4.78 is 0. The van der Waals surface area contributed by atoms with Crippen LogP contribution in [0.2, 0.25) is 0 Å². The van der Waals surface area contributed by atoms with Crippen LogP contribution in [0.4, 0.5) is 23.0 Å². The molecular weight excluding hydrogens is 310 g/mol. The maximum absolute atomic E-state index is 4.47. The lowest BCUT2D eigenvalue weighted by Crippen LogP contribution is -2.25. The van der Waals surface area contributed by atoms with Gasteiger partial charge in [0.1, 0.15) is 18.0 Å². The second-order valence-electron chi connectivity index (χ2n) is 6.51. The van der Waals surface area contributed by atoms with Crippen LogP contribution in [0, 0.1) is 0 Å². The van der Waals surface area contributed by atoms with Crippen LogP contribution in [0.15, 0.2) is 36.7 Å². The molecule has 0 saturated carbocycles. The fourth-order valence-corrected chi connectivity index (χ4v) is 3.38. The lowest BCUT2D eigenvalue weighted by Gasteiger charge is -2.22. The van der Waals surface area contributed by atoms with Crippen LogP contribution < -0.4 is 15.1 Å². The fourth-order valence-electron chi connectivity index (χ4n) is 3.38. The predicted octanol–water partition coefficient (Wildman–Crippen LogP) is 4.45. The number of anilines is 4. The summed E-state index contributed by atoms with van der Waals surface area (Å²) in [6.07, 6.45) is 6.81. The van der Waals surface area contributed by atoms with Crippen LogP contribution in [0.5, 0.6) is 0 Å². The summed E-state index contributed by atoms with van der Waals surface area (Å²) in [5.41, 5.74) is 2.31. The zero-order chi connectivity index (χ0) is 17.5. The Morgan fingerprint density at radius 3 is 2.28 bits per heavy atom. The van der Waals surface area contributed by atoms with Gasteiger partial charge in [-0.15, -0.1) is 0 Å². The maximum atomic E-state index is 4.47. The second kappa shape index (κ2) is 8.70. The van der Waals surface area contributed by atoms with Crippen LogP contribution in [-0.2, 0) is 0 Å². The van der Waals surface area contributed by atoms with Gasteiger partial charge in [0.25, 0.3) is 0 Å². The Labute approximate surface area is 151 Å². The molecule has 1 aromatic carbocycles. The number of benzene rings is 1. The van der Waals surface area contributed by atoms with Crippen LogP contribution in [-0.4, -0.2) is 36.1 Å². The summed E-state index contributed by atoms with van der Waals surface area (Å²) in [6.45, 7) is 8.59. The smallest absolute Gasteiger partial charge is 0.135 e. The highest BCUT2D eigenvalue weighted by molar-refractivity contribution is 5.62. The van der Waals surface area contributed by atoms with Crippen molar-refractivity contribution in [1.29, 1.82) is 0 Å². The monoisotopic (exact) mass is 339 g/mol. The lowest BCUT2D eigenvalue weighted by molar-refractivity contribution is 0.726. The Balaban J connectivity index is 1.69. The van der Waals surface area contributed by atoms with Crippen molar-refractivity contribution in [3.63, 3.8) is 0 Å². The molecule has 1 fully saturated rings. The first-order valence-corrected chi connectivity index (χ1v) is 9.49. The van der Waals surface area contributed by atoms with Gasteiger partial charge >= 0.3 is 0 Å². The van der Waals surface area contributed by atoms with Crippen molar-refractivity contribution in [2.24, 2.45) is 0 Å². The molecule has 0 radical (unpaired) electrons. The average Bonchev–Trinajstić information content (AvgIpc) is 2.94. The minimum Gasteiger partial charge on any atom is -0.372 e. The van der Waals surface area contributed by atoms with E-state index >= 15 is 0 Å². The zero-order valence-electron chi connectivity index (χ0n) is 15.4. The fraction of sp³-hybridized carbons (Fsp3) is 0.500. The van der Waals surface area contributed by atoms with E-state index in [1.807, 2.05) is 0 Å². The highest BCUT2D eigenvalue weighted by Gasteiger charge is 2.12. The Kier molecular flexibility index (Phi) is 6.09. The van der Waals surface area contributed by atoms with Gasteiger partial charge in [0.2, 0.25) is 0 Å². The Hall–Kier alpha value is -2.30. The maximum Gasteiger partial charge on any atom is 0.135 e. The number of hydrogen-bond donors (Lipinski definition) is 1. The quantitative estimate of drug-likeness (QED) is 0.842. The summed E-state index contributed by atoms with van der Waals surface area (Å²) in [5.74, 6) is 1.88. The average molecular weight is 339 g/mol. The Morgan fingerprint density at radius 2 is 1.64 bits per heavy atom. The van der Waals surface area contributed by atoms with E-state index in [1.54, 1.807) is 6.33 Å². The molecule has 1 aromatic heterocycles. The van der Waals surface area contributed by atoms with E-state index in [4.69, 9.17) is 0 Å². The lowest BCUT2D eigenvalue weighted by atomic mass is 10.2. The van der Waals surface area contributed by atoms with Gasteiger partial charge in [0, 0.05) is 43.6 Å². The molecule has 25 heavy (non-hydrogen) atoms. The number of nitrogens with one attached hydrogen (secondary N) is 1. The summed E-state index contributed by atoms with van der Waals surface area (Å²) in [6, 6.07) is 10.6. The minimum atomic E-state index is 0.852. The summed E-state index contributed by atoms with van der Waals surface area (Å²) in [5, 5.41) is 3.40. The Bertz CT molecular complexity index is 643. The molecule has 1 N–H and O–H groups in total. The molecule has 5 nitrogen and oxygen atoms in total. The first-order valence-electron chi connectivity index (χ1n) is 9.49. The molecule has 1 saturated heterocycles. The van der Waals surface area contributed by atoms with Gasteiger partial charge in [0.05, 0.1) is 0 Å². The van der Waals surface area contributed by atoms with Crippen molar-refractivity contribution >= 4 is 23.0 Å². The molecule has 0 bridgehead atoms. The summed E-state index contributed by atoms with van der Waals surface area (Å²) >= 11 is 0. The van der Waals surface area contributed by atoms with E-state index in [0.29, 0.717) is 0 Å². The van der Waals surface area contributed by atoms with Crippen molar-refractivity contribution in [3.8, 4) is 0 Å². The zero-order valence-corrected chi connectivity index (χ0v) is 15.4. The van der Waals surface area contributed by atoms with Crippen molar-refractivity contribution in [1.82, 2.24) is 9.97 Å². The topological polar surface area (TPSA) is 44.3 Å². The number of aromatic nitrogens is 2. The second-order valence-corrected chi connectivity index (χ2v) is 6.51. The molecule has 2 heterocycles. The van der Waals surface area contributed by atoms with E-state index in [0.717, 1.165) is 43.5 Å². The van der Waals surface area contributed by atoms with Gasteiger partial charge < -0.3 is 15.1 Å². The predicted molar refractivity (Wildman–Crippen MR) is 106 cm³/mol. The largest absolute Gasteiger partial charge is 0.372 e. The minimum absolute atomic E-state index is 0.852. The van der Waals surface area contributed by atoms with E-state index in [2.05, 4.69) is 69.3 Å². The number of hydrogen-bond acceptors (Lipinski definition) is 5. The first kappa shape index (κ1) is 17.5. The van der Waals surface area contributed by atoms with Crippen LogP contribution in [0.3, 0.4) is 0 Å². The molecule has 0 spiro atoms. The molecule has 5 heteroatoms. The third kappa shape index (κ3) is 4.62. The molecule has 0 unspecified atom stereocenters. The first-order chi connectivity index (χ1) is 12.3. The molecule has 1 aliphatic heterocycles. The van der Waals surface area contributed by atoms with Gasteiger partial charge in [-0.25, -0.2) is 9.97 Å². The molecule has 3 rings (SSSR count). The van der Waals surface area contributed by atoms with Crippen molar-refractivity contribution < 1.29 is 0 Å². The van der Waals surface area contributed by atoms with Gasteiger partial charge in [-0.2, -0.15) is 0 Å². The molecule has 134 valence electrons. The molecule has 1 aliphatic rings. The number of rotatable bonds is 6. The van der Waals surface area contributed by atoms with Gasteiger partial charge in [-0.3, -0.25) is 0 Å². The molecule has 0 aliphatic carbocycles. The summed E-state index contributed by atoms with van der Waals surface area (Å²) in [7, 11) is 0. The van der Waals surface area contributed by atoms with Crippen LogP contribution in [0.25, 0.3) is 0 Å². The Morgan fingerprint density at radius 1 is 0.960 bits per heavy atom. The van der Waals surface area contributed by atoms with Gasteiger partial charge in [-0.05, 0) is 51.0 Å². The normalized spacial score (nSPS) is 14.9. The van der Waals surface area contributed by atoms with E-state index in [-0.39, 0.29) is 0 Å². The van der Waals surface area contributed by atoms with Gasteiger partial charge in [-0.1, -0.05) is 12.8 Å². The summed E-state index contributed by atoms with van der Waals surface area (Å²) in [4.78, 5) is 13.6. The molecule has 2 aromatic rings. The standard InChI is InChI=1S/C20H29N5/c1-3-24(4-2)18-11-9-17(10-12-18)23-19-15-20(22-16-21-19)25-13-7-5-6-8-14-25/h9-12,15-16H,3-8,13-14H2,1-2H3,(H,21,22,23). The molecule has 0 atom stereocenters. The van der Waals surface area contributed by atoms with Crippen LogP contribution >= 0.6 is 0 Å². The van der Waals surface area contributed by atoms with Crippen molar-refractivity contribution in [2.45, 2.75) is 39.5 Å². The third-order valence-electron chi connectivity index (χ3n) is 4.85. The van der Waals surface area contributed by atoms with E-state index in [9.17, 15) is 0 Å². The number of nitrogens with zero attached hydrogens (tertiary/aromatic N) is 4. The van der Waals surface area contributed by atoms with Gasteiger partial charge in [0.15, 0.2) is 0 Å². The van der Waals surface area contributed by atoms with Crippen molar-refractivity contribution in [2.75, 3.05) is 41.3 Å². The van der Waals surface area contributed by atoms with E-state index < -0.39 is 0 Å². The third-order valence-corrected chi connectivity index (χ3v) is 4.85. The van der Waals surface area contributed by atoms with Crippen molar-refractivity contribution in [3.05, 3.63) is 36.7 Å². The highest BCUT2D eigenvalue weighted by Crippen LogP contribution is 2.23. The molecular formula is C20H29N5. The van der Waals surface area contributed by atoms with Crippen LogP contribution in [0.1, 0.15) is 39.5 Å². The molecule has 0 amide bonds. The highest BCUT2D eigenvalue weighted by atomic mass is 15.2. The SMILES string of the molecule is CCN(CC)c1ccc(Nc2cc(N3CCCCCC3)ncn2)cc1. The van der Waals surface area contributed by atoms with E-state index in [1.165, 1.54) is 31.4 Å².